The van der Waals surface area contributed by atoms with Crippen LogP contribution < -0.4 is 0 Å². The van der Waals surface area contributed by atoms with Crippen LogP contribution in [0.15, 0.2) is 30.3 Å². The van der Waals surface area contributed by atoms with Crippen LogP contribution in [-0.2, 0) is 4.84 Å². The van der Waals surface area contributed by atoms with E-state index in [1.54, 1.807) is 0 Å². The van der Waals surface area contributed by atoms with E-state index in [-0.39, 0.29) is 5.85 Å². The molecule has 110 valence electrons. The van der Waals surface area contributed by atoms with E-state index in [0.29, 0.717) is 0 Å². The number of nitrogens with zero attached hydrogens (tertiary/aromatic N) is 1. The van der Waals surface area contributed by atoms with Gasteiger partial charge < -0.3 is 0 Å². The quantitative estimate of drug-likeness (QED) is 0.721. The molecule has 0 N–H and O–H groups in total. The Bertz CT molecular complexity index is 286. The predicted molar refractivity (Wildman–Crippen MR) is 88.1 cm³/mol. The molecule has 0 spiro atoms. The first-order chi connectivity index (χ1) is 9.36. The van der Waals surface area contributed by atoms with Crippen molar-refractivity contribution >= 4 is 9.24 Å². The van der Waals surface area contributed by atoms with Gasteiger partial charge in [-0.1, -0.05) is 73.7 Å². The Morgan fingerprint density at radius 1 is 0.947 bits per heavy atom. The smallest absolute Gasteiger partial charge is 0.117 e. The van der Waals surface area contributed by atoms with Crippen molar-refractivity contribution in [3.05, 3.63) is 35.9 Å². The Morgan fingerprint density at radius 3 is 2.00 bits per heavy atom. The van der Waals surface area contributed by atoms with Crippen molar-refractivity contribution in [2.75, 3.05) is 13.1 Å². The molecule has 2 unspecified atom stereocenters. The summed E-state index contributed by atoms with van der Waals surface area (Å²) in [5, 5.41) is 2.09. The first-order valence-electron chi connectivity index (χ1n) is 7.58. The van der Waals surface area contributed by atoms with Gasteiger partial charge in [0.2, 0.25) is 0 Å². The molecular formula is C16H30NOP. The summed E-state index contributed by atoms with van der Waals surface area (Å²) in [5.74, 6) is 0.0873. The fourth-order valence-corrected chi connectivity index (χ4v) is 2.23. The highest BCUT2D eigenvalue weighted by atomic mass is 31.0. The molecule has 1 aromatic carbocycles. The van der Waals surface area contributed by atoms with Crippen molar-refractivity contribution in [2.24, 2.45) is 0 Å². The average molecular weight is 283 g/mol. The van der Waals surface area contributed by atoms with E-state index in [4.69, 9.17) is 4.84 Å². The molecule has 1 aliphatic heterocycles. The Balaban J connectivity index is 0.000000741. The van der Waals surface area contributed by atoms with Gasteiger partial charge in [0, 0.05) is 13.1 Å². The van der Waals surface area contributed by atoms with Crippen molar-refractivity contribution in [1.29, 1.82) is 0 Å². The molecule has 0 amide bonds. The van der Waals surface area contributed by atoms with Crippen LogP contribution in [0.4, 0.5) is 0 Å². The van der Waals surface area contributed by atoms with Gasteiger partial charge in [-0.3, -0.25) is 4.84 Å². The standard InChI is InChI=1S/C12H18NOP.2C2H6/c15-12(11-7-3-1-4-8-11)14-13-9-5-2-6-10-13;2*1-2/h1,3-4,7-8,12H,2,5-6,9-10,15H2;2*1-2H3. The zero-order valence-electron chi connectivity index (χ0n) is 12.9. The van der Waals surface area contributed by atoms with Crippen LogP contribution >= 0.6 is 9.24 Å². The summed E-state index contributed by atoms with van der Waals surface area (Å²) >= 11 is 0. The van der Waals surface area contributed by atoms with E-state index in [1.165, 1.54) is 24.8 Å². The second-order valence-electron chi connectivity index (χ2n) is 3.93. The average Bonchev–Trinajstić information content (AvgIpc) is 2.53. The molecule has 0 radical (unpaired) electrons. The van der Waals surface area contributed by atoms with Gasteiger partial charge in [-0.05, 0) is 18.4 Å². The zero-order chi connectivity index (χ0) is 14.5. The van der Waals surface area contributed by atoms with Gasteiger partial charge in [0.25, 0.3) is 0 Å². The molecule has 19 heavy (non-hydrogen) atoms. The summed E-state index contributed by atoms with van der Waals surface area (Å²) in [4.78, 5) is 5.87. The van der Waals surface area contributed by atoms with Crippen LogP contribution in [0.2, 0.25) is 0 Å². The van der Waals surface area contributed by atoms with Crippen LogP contribution in [0.3, 0.4) is 0 Å². The molecular weight excluding hydrogens is 253 g/mol. The van der Waals surface area contributed by atoms with Gasteiger partial charge >= 0.3 is 0 Å². The zero-order valence-corrected chi connectivity index (χ0v) is 14.1. The summed E-state index contributed by atoms with van der Waals surface area (Å²) < 4.78 is 0. The van der Waals surface area contributed by atoms with Crippen molar-refractivity contribution in [1.82, 2.24) is 5.06 Å². The molecule has 1 saturated heterocycles. The van der Waals surface area contributed by atoms with E-state index < -0.39 is 0 Å². The fourth-order valence-electron chi connectivity index (χ4n) is 1.83. The summed E-state index contributed by atoms with van der Waals surface area (Å²) in [6.07, 6.45) is 3.85. The number of hydroxylamine groups is 2. The normalized spacial score (nSPS) is 16.5. The third kappa shape index (κ3) is 7.67. The van der Waals surface area contributed by atoms with Gasteiger partial charge in [-0.25, -0.2) is 0 Å². The molecule has 2 atom stereocenters. The molecule has 1 aliphatic rings. The summed E-state index contributed by atoms with van der Waals surface area (Å²) in [6.45, 7) is 10.1. The fraction of sp³-hybridized carbons (Fsp3) is 0.625. The maximum atomic E-state index is 5.87. The van der Waals surface area contributed by atoms with E-state index in [2.05, 4.69) is 26.4 Å². The third-order valence-corrected chi connectivity index (χ3v) is 3.21. The van der Waals surface area contributed by atoms with Crippen molar-refractivity contribution in [2.45, 2.75) is 52.8 Å². The highest BCUT2D eigenvalue weighted by Gasteiger charge is 2.14. The lowest BCUT2D eigenvalue weighted by molar-refractivity contribution is -0.182. The predicted octanol–water partition coefficient (Wildman–Crippen LogP) is 5.03. The van der Waals surface area contributed by atoms with Crippen LogP contribution in [-0.4, -0.2) is 18.2 Å². The van der Waals surface area contributed by atoms with Crippen molar-refractivity contribution in [3.8, 4) is 0 Å². The molecule has 1 heterocycles. The van der Waals surface area contributed by atoms with Gasteiger partial charge in [-0.2, -0.15) is 5.06 Å². The molecule has 1 aromatic rings. The molecule has 1 fully saturated rings. The number of piperidine rings is 1. The lowest BCUT2D eigenvalue weighted by Crippen LogP contribution is -2.30. The second kappa shape index (κ2) is 12.6. The van der Waals surface area contributed by atoms with Crippen LogP contribution in [0.5, 0.6) is 0 Å². The lowest BCUT2D eigenvalue weighted by Gasteiger charge is -2.28. The number of hydrogen-bond acceptors (Lipinski definition) is 2. The van der Waals surface area contributed by atoms with Gasteiger partial charge in [0.1, 0.15) is 5.85 Å². The maximum absolute atomic E-state index is 5.87. The Hall–Kier alpha value is -0.430. The molecule has 0 aliphatic carbocycles. The summed E-state index contributed by atoms with van der Waals surface area (Å²) in [7, 11) is 2.76. The first-order valence-corrected chi connectivity index (χ1v) is 8.25. The molecule has 2 nitrogen and oxygen atoms in total. The molecule has 3 heteroatoms. The monoisotopic (exact) mass is 283 g/mol. The van der Waals surface area contributed by atoms with Crippen molar-refractivity contribution in [3.63, 3.8) is 0 Å². The Kier molecular flexibility index (Phi) is 12.3. The number of rotatable bonds is 3. The maximum Gasteiger partial charge on any atom is 0.117 e. The Labute approximate surface area is 121 Å². The Morgan fingerprint density at radius 2 is 1.47 bits per heavy atom. The van der Waals surface area contributed by atoms with Gasteiger partial charge in [0.15, 0.2) is 0 Å². The van der Waals surface area contributed by atoms with Crippen LogP contribution in [0.25, 0.3) is 0 Å². The SMILES string of the molecule is CC.CC.PC(ON1CCCCC1)c1ccccc1. The molecule has 2 rings (SSSR count). The van der Waals surface area contributed by atoms with Crippen LogP contribution in [0.1, 0.15) is 58.4 Å². The topological polar surface area (TPSA) is 12.5 Å². The van der Waals surface area contributed by atoms with E-state index in [1.807, 2.05) is 45.9 Å². The highest BCUT2D eigenvalue weighted by Crippen LogP contribution is 2.26. The van der Waals surface area contributed by atoms with Crippen molar-refractivity contribution < 1.29 is 4.84 Å². The molecule has 0 aromatic heterocycles. The number of hydrogen-bond donors (Lipinski definition) is 0. The van der Waals surface area contributed by atoms with E-state index in [9.17, 15) is 0 Å². The third-order valence-electron chi connectivity index (χ3n) is 2.71. The first kappa shape index (κ1) is 18.6. The summed E-state index contributed by atoms with van der Waals surface area (Å²) in [6, 6.07) is 10.3. The highest BCUT2D eigenvalue weighted by molar-refractivity contribution is 7.16. The number of benzene rings is 1. The molecule has 0 bridgehead atoms. The van der Waals surface area contributed by atoms with Gasteiger partial charge in [0.05, 0.1) is 0 Å². The largest absolute Gasteiger partial charge is 0.287 e. The lowest BCUT2D eigenvalue weighted by atomic mass is 10.2. The minimum Gasteiger partial charge on any atom is -0.287 e. The van der Waals surface area contributed by atoms with Crippen LogP contribution in [0, 0.1) is 0 Å². The van der Waals surface area contributed by atoms with E-state index in [0.717, 1.165) is 13.1 Å². The minimum atomic E-state index is 0.0873. The molecule has 0 saturated carbocycles. The second-order valence-corrected chi connectivity index (χ2v) is 4.53. The summed E-state index contributed by atoms with van der Waals surface area (Å²) in [5.41, 5.74) is 1.22. The van der Waals surface area contributed by atoms with E-state index >= 15 is 0 Å². The van der Waals surface area contributed by atoms with Gasteiger partial charge in [-0.15, -0.1) is 0 Å². The minimum absolute atomic E-state index is 0.0873.